The van der Waals surface area contributed by atoms with Gasteiger partial charge in [0.05, 0.1) is 4.90 Å². The second kappa shape index (κ2) is 7.43. The predicted molar refractivity (Wildman–Crippen MR) is 100 cm³/mol. The van der Waals surface area contributed by atoms with Crippen LogP contribution in [-0.2, 0) is 10.1 Å². The van der Waals surface area contributed by atoms with Gasteiger partial charge in [0.2, 0.25) is 0 Å². The molecule has 0 spiro atoms. The standard InChI is InChI=1S/C13H12.C7H8O3S/c1-3-11-7-5-8-12-10(2)6-4-9-13(11)12;1-6-2-4-7(5-3-6)11(8,9)10/h3-5,7-9H,1-2,6H2;2-5H,1H3,(H,8,9,10). The Morgan fingerprint density at radius 1 is 1.12 bits per heavy atom. The molecular weight excluding hydrogens is 320 g/mol. The third-order valence-electron chi connectivity index (χ3n) is 3.71. The van der Waals surface area contributed by atoms with Crippen LogP contribution in [0.1, 0.15) is 28.7 Å². The summed E-state index contributed by atoms with van der Waals surface area (Å²) >= 11 is 0. The predicted octanol–water partition coefficient (Wildman–Crippen LogP) is 5.00. The number of hydrogen-bond donors (Lipinski definition) is 1. The van der Waals surface area contributed by atoms with Gasteiger partial charge in [-0.2, -0.15) is 8.42 Å². The fourth-order valence-electron chi connectivity index (χ4n) is 2.39. The van der Waals surface area contributed by atoms with Crippen LogP contribution in [0.4, 0.5) is 0 Å². The first kappa shape index (κ1) is 17.9. The summed E-state index contributed by atoms with van der Waals surface area (Å²) in [5, 5.41) is 0. The first-order valence-electron chi connectivity index (χ1n) is 7.47. The number of benzene rings is 2. The molecule has 1 N–H and O–H groups in total. The fraction of sp³-hybridized carbons (Fsp3) is 0.100. The zero-order chi connectivity index (χ0) is 17.7. The van der Waals surface area contributed by atoms with Crippen molar-refractivity contribution in [2.75, 3.05) is 0 Å². The molecule has 0 saturated carbocycles. The Balaban J connectivity index is 0.000000177. The minimum absolute atomic E-state index is 0.0666. The van der Waals surface area contributed by atoms with Gasteiger partial charge in [0, 0.05) is 0 Å². The summed E-state index contributed by atoms with van der Waals surface area (Å²) in [6.45, 7) is 9.69. The van der Waals surface area contributed by atoms with E-state index in [1.54, 1.807) is 12.1 Å². The molecule has 1 aliphatic rings. The molecule has 1 aliphatic carbocycles. The van der Waals surface area contributed by atoms with E-state index in [0.29, 0.717) is 0 Å². The summed E-state index contributed by atoms with van der Waals surface area (Å²) in [7, 11) is -4.02. The molecule has 2 aromatic rings. The van der Waals surface area contributed by atoms with Crippen molar-refractivity contribution in [3.8, 4) is 0 Å². The maximum absolute atomic E-state index is 10.5. The first-order chi connectivity index (χ1) is 11.3. The largest absolute Gasteiger partial charge is 0.294 e. The van der Waals surface area contributed by atoms with Crippen LogP contribution in [0.2, 0.25) is 0 Å². The SMILES string of the molecule is C=Cc1cccc2c1C=CCC2=C.Cc1ccc(S(=O)(=O)O)cc1. The van der Waals surface area contributed by atoms with Crippen molar-refractivity contribution in [1.82, 2.24) is 0 Å². The number of rotatable bonds is 2. The van der Waals surface area contributed by atoms with Crippen LogP contribution in [0.25, 0.3) is 17.7 Å². The molecule has 0 atom stereocenters. The summed E-state index contributed by atoms with van der Waals surface area (Å²) < 4.78 is 29.6. The highest BCUT2D eigenvalue weighted by Crippen LogP contribution is 2.29. The van der Waals surface area contributed by atoms with Gasteiger partial charge in [0.1, 0.15) is 0 Å². The third-order valence-corrected chi connectivity index (χ3v) is 4.58. The molecule has 0 radical (unpaired) electrons. The zero-order valence-corrected chi connectivity index (χ0v) is 14.4. The highest BCUT2D eigenvalue weighted by Gasteiger charge is 2.09. The molecule has 0 aromatic heterocycles. The molecule has 124 valence electrons. The van der Waals surface area contributed by atoms with E-state index in [9.17, 15) is 8.42 Å². The molecule has 0 aliphatic heterocycles. The fourth-order valence-corrected chi connectivity index (χ4v) is 2.87. The normalized spacial score (nSPS) is 12.8. The summed E-state index contributed by atoms with van der Waals surface area (Å²) in [6, 6.07) is 12.2. The van der Waals surface area contributed by atoms with Gasteiger partial charge < -0.3 is 0 Å². The van der Waals surface area contributed by atoms with E-state index >= 15 is 0 Å². The van der Waals surface area contributed by atoms with Gasteiger partial charge in [0.25, 0.3) is 10.1 Å². The van der Waals surface area contributed by atoms with Gasteiger partial charge in [-0.15, -0.1) is 0 Å². The first-order valence-corrected chi connectivity index (χ1v) is 8.91. The van der Waals surface area contributed by atoms with E-state index in [1.165, 1.54) is 34.4 Å². The van der Waals surface area contributed by atoms with Gasteiger partial charge in [-0.3, -0.25) is 4.55 Å². The van der Waals surface area contributed by atoms with Gasteiger partial charge in [-0.1, -0.05) is 67.3 Å². The van der Waals surface area contributed by atoms with Crippen molar-refractivity contribution in [3.63, 3.8) is 0 Å². The molecule has 0 fully saturated rings. The van der Waals surface area contributed by atoms with E-state index in [0.717, 1.165) is 12.0 Å². The molecule has 0 heterocycles. The smallest absolute Gasteiger partial charge is 0.282 e. The summed E-state index contributed by atoms with van der Waals surface area (Å²) in [6.07, 6.45) is 7.16. The second-order valence-electron chi connectivity index (χ2n) is 5.51. The van der Waals surface area contributed by atoms with Gasteiger partial charge in [-0.25, -0.2) is 0 Å². The second-order valence-corrected chi connectivity index (χ2v) is 6.93. The van der Waals surface area contributed by atoms with Crippen LogP contribution in [0.15, 0.2) is 66.6 Å². The minimum Gasteiger partial charge on any atom is -0.282 e. The third kappa shape index (κ3) is 4.31. The van der Waals surface area contributed by atoms with Crippen molar-refractivity contribution < 1.29 is 13.0 Å². The Labute approximate surface area is 143 Å². The molecule has 2 aromatic carbocycles. The number of aryl methyl sites for hydroxylation is 1. The van der Waals surface area contributed by atoms with E-state index in [1.807, 2.05) is 13.0 Å². The Morgan fingerprint density at radius 2 is 1.79 bits per heavy atom. The van der Waals surface area contributed by atoms with Crippen LogP contribution in [0, 0.1) is 6.92 Å². The van der Waals surface area contributed by atoms with Crippen molar-refractivity contribution in [2.24, 2.45) is 0 Å². The quantitative estimate of drug-likeness (QED) is 0.783. The Hall–Kier alpha value is -2.43. The number of allylic oxidation sites excluding steroid dienone is 2. The Bertz CT molecular complexity index is 889. The van der Waals surface area contributed by atoms with Crippen molar-refractivity contribution in [1.29, 1.82) is 0 Å². The maximum Gasteiger partial charge on any atom is 0.294 e. The van der Waals surface area contributed by atoms with Crippen molar-refractivity contribution >= 4 is 27.8 Å². The van der Waals surface area contributed by atoms with E-state index in [4.69, 9.17) is 4.55 Å². The number of hydrogen-bond acceptors (Lipinski definition) is 2. The van der Waals surface area contributed by atoms with Crippen LogP contribution in [0.3, 0.4) is 0 Å². The highest BCUT2D eigenvalue weighted by atomic mass is 32.2. The molecule has 3 rings (SSSR count). The zero-order valence-electron chi connectivity index (χ0n) is 13.6. The maximum atomic E-state index is 10.5. The molecule has 3 nitrogen and oxygen atoms in total. The highest BCUT2D eigenvalue weighted by molar-refractivity contribution is 7.85. The van der Waals surface area contributed by atoms with Crippen LogP contribution >= 0.6 is 0 Å². The Kier molecular flexibility index (Phi) is 5.54. The average molecular weight is 340 g/mol. The van der Waals surface area contributed by atoms with E-state index < -0.39 is 10.1 Å². The summed E-state index contributed by atoms with van der Waals surface area (Å²) in [5.74, 6) is 0. The molecule has 0 amide bonds. The van der Waals surface area contributed by atoms with Crippen LogP contribution in [0.5, 0.6) is 0 Å². The van der Waals surface area contributed by atoms with Crippen molar-refractivity contribution in [2.45, 2.75) is 18.2 Å². The van der Waals surface area contributed by atoms with Crippen molar-refractivity contribution in [3.05, 3.63) is 84.0 Å². The number of fused-ring (bicyclic) bond motifs is 1. The topological polar surface area (TPSA) is 54.4 Å². The molecule has 4 heteroatoms. The summed E-state index contributed by atoms with van der Waals surface area (Å²) in [5.41, 5.74) is 5.86. The lowest BCUT2D eigenvalue weighted by Gasteiger charge is -2.14. The monoisotopic (exact) mass is 340 g/mol. The van der Waals surface area contributed by atoms with Gasteiger partial charge >= 0.3 is 0 Å². The van der Waals surface area contributed by atoms with E-state index in [2.05, 4.69) is 43.5 Å². The molecule has 0 unspecified atom stereocenters. The minimum atomic E-state index is -4.02. The lowest BCUT2D eigenvalue weighted by atomic mass is 9.90. The Morgan fingerprint density at radius 3 is 2.38 bits per heavy atom. The average Bonchev–Trinajstić information content (AvgIpc) is 2.55. The lowest BCUT2D eigenvalue weighted by molar-refractivity contribution is 0.483. The molecule has 24 heavy (non-hydrogen) atoms. The molecule has 0 bridgehead atoms. The van der Waals surface area contributed by atoms with Crippen LogP contribution in [-0.4, -0.2) is 13.0 Å². The molecule has 0 saturated heterocycles. The lowest BCUT2D eigenvalue weighted by Crippen LogP contribution is -1.96. The van der Waals surface area contributed by atoms with Gasteiger partial charge in [0.15, 0.2) is 0 Å². The van der Waals surface area contributed by atoms with E-state index in [-0.39, 0.29) is 4.90 Å². The summed E-state index contributed by atoms with van der Waals surface area (Å²) in [4.78, 5) is -0.0666. The van der Waals surface area contributed by atoms with Gasteiger partial charge in [-0.05, 0) is 47.7 Å². The van der Waals surface area contributed by atoms with Crippen LogP contribution < -0.4 is 0 Å². The molecular formula is C20H20O3S.